The number of aromatic nitrogens is 1. The maximum Gasteiger partial charge on any atom is 0.419 e. The second-order valence-electron chi connectivity index (χ2n) is 7.74. The number of thiazole rings is 1. The Balaban J connectivity index is 1.53. The topological polar surface area (TPSA) is 59.4 Å². The molecule has 4 nitrogen and oxygen atoms in total. The molecule has 0 fully saturated rings. The number of benzene rings is 2. The van der Waals surface area contributed by atoms with Crippen LogP contribution in [0, 0.1) is 19.7 Å². The van der Waals surface area contributed by atoms with Crippen molar-refractivity contribution in [2.45, 2.75) is 44.4 Å². The molecule has 1 aromatic heterocycles. The van der Waals surface area contributed by atoms with Gasteiger partial charge in [0.25, 0.3) is 0 Å². The van der Waals surface area contributed by atoms with Crippen LogP contribution >= 0.6 is 23.1 Å². The fraction of sp³-hybridized carbons (Fsp3) is 0.250. The van der Waals surface area contributed by atoms with Crippen molar-refractivity contribution in [1.82, 2.24) is 4.98 Å². The lowest BCUT2D eigenvalue weighted by atomic mass is 10.1. The summed E-state index contributed by atoms with van der Waals surface area (Å²) >= 11 is 2.67. The Morgan fingerprint density at radius 2 is 1.97 bits per heavy atom. The molecular weight excluding hydrogens is 490 g/mol. The van der Waals surface area contributed by atoms with Crippen LogP contribution in [0.3, 0.4) is 0 Å². The lowest BCUT2D eigenvalue weighted by molar-refractivity contribution is -0.140. The number of aliphatic carboxylic acids is 1. The first-order chi connectivity index (χ1) is 16.0. The van der Waals surface area contributed by atoms with Crippen molar-refractivity contribution >= 4 is 29.1 Å². The molecule has 4 rings (SSSR count). The summed E-state index contributed by atoms with van der Waals surface area (Å²) in [5, 5.41) is 9.48. The zero-order valence-electron chi connectivity index (χ0n) is 18.1. The highest BCUT2D eigenvalue weighted by Gasteiger charge is 2.34. The van der Waals surface area contributed by atoms with Gasteiger partial charge in [-0.15, -0.1) is 11.3 Å². The van der Waals surface area contributed by atoms with Crippen molar-refractivity contribution in [2.24, 2.45) is 0 Å². The molecule has 0 spiro atoms. The van der Waals surface area contributed by atoms with Gasteiger partial charge in [0.15, 0.2) is 0 Å². The van der Waals surface area contributed by atoms with Gasteiger partial charge in [-0.2, -0.15) is 13.2 Å². The fourth-order valence-electron chi connectivity index (χ4n) is 3.55. The number of alkyl halides is 3. The zero-order valence-corrected chi connectivity index (χ0v) is 19.8. The van der Waals surface area contributed by atoms with Gasteiger partial charge in [0.2, 0.25) is 0 Å². The summed E-state index contributed by atoms with van der Waals surface area (Å²) in [7, 11) is 0. The van der Waals surface area contributed by atoms with Crippen LogP contribution in [0.25, 0.3) is 10.6 Å². The molecule has 3 aromatic rings. The largest absolute Gasteiger partial charge is 0.488 e. The third-order valence-corrected chi connectivity index (χ3v) is 7.81. The number of halogens is 4. The van der Waals surface area contributed by atoms with Crippen LogP contribution in [0.1, 0.15) is 33.7 Å². The number of carbonyl (C=O) groups is 1. The zero-order chi connectivity index (χ0) is 24.6. The monoisotopic (exact) mass is 509 g/mol. The highest BCUT2D eigenvalue weighted by atomic mass is 32.2. The van der Waals surface area contributed by atoms with Crippen molar-refractivity contribution in [3.05, 3.63) is 74.4 Å². The predicted molar refractivity (Wildman–Crippen MR) is 123 cm³/mol. The first kappa shape index (κ1) is 24.3. The molecule has 0 amide bonds. The van der Waals surface area contributed by atoms with Gasteiger partial charge >= 0.3 is 12.1 Å². The Bertz CT molecular complexity index is 1300. The quantitative estimate of drug-likeness (QED) is 0.357. The number of ether oxygens (including phenoxy) is 1. The van der Waals surface area contributed by atoms with Crippen LogP contribution in [-0.2, 0) is 24.0 Å². The molecule has 0 saturated carbocycles. The van der Waals surface area contributed by atoms with Crippen LogP contribution in [0.5, 0.6) is 5.75 Å². The van der Waals surface area contributed by atoms with E-state index in [2.05, 4.69) is 4.98 Å². The van der Waals surface area contributed by atoms with Gasteiger partial charge in [0.05, 0.1) is 22.6 Å². The number of thioether (sulfide) groups is 1. The Labute approximate surface area is 201 Å². The van der Waals surface area contributed by atoms with E-state index in [4.69, 9.17) is 9.84 Å². The summed E-state index contributed by atoms with van der Waals surface area (Å²) in [5.74, 6) is -1.54. The number of hydrogen-bond donors (Lipinski definition) is 1. The molecule has 0 saturated heterocycles. The fourth-order valence-corrected chi connectivity index (χ4v) is 5.68. The van der Waals surface area contributed by atoms with E-state index in [1.54, 1.807) is 6.92 Å². The van der Waals surface area contributed by atoms with Gasteiger partial charge in [-0.05, 0) is 48.9 Å². The molecule has 1 aliphatic rings. The molecule has 178 valence electrons. The molecule has 2 heterocycles. The van der Waals surface area contributed by atoms with E-state index in [1.807, 2.05) is 25.1 Å². The minimum Gasteiger partial charge on any atom is -0.488 e. The van der Waals surface area contributed by atoms with E-state index in [9.17, 15) is 22.4 Å². The Morgan fingerprint density at radius 3 is 2.65 bits per heavy atom. The molecule has 1 aliphatic heterocycles. The number of allylic oxidation sites excluding steroid dienone is 1. The minimum absolute atomic E-state index is 0.0258. The first-order valence-electron chi connectivity index (χ1n) is 10.2. The molecule has 0 aliphatic carbocycles. The average molecular weight is 510 g/mol. The summed E-state index contributed by atoms with van der Waals surface area (Å²) in [5.41, 5.74) is 1.62. The van der Waals surface area contributed by atoms with Crippen LogP contribution in [0.4, 0.5) is 17.6 Å². The standard InChI is InChI=1S/C24H19F4NO3S2/c1-12-3-8-19(16-6-5-15(10-21(30)31)33-22(12)16)32-11-20-13(2)29-23(34-20)14-4-7-17(18(25)9-14)24(26,27)28/h3-5,7-9H,6,10-11H2,1-2H3,(H,30,31). The number of hydrogen-bond acceptors (Lipinski definition) is 5. The van der Waals surface area contributed by atoms with Crippen molar-refractivity contribution in [1.29, 1.82) is 0 Å². The number of carboxylic acids is 1. The lowest BCUT2D eigenvalue weighted by Gasteiger charge is -2.21. The molecular formula is C24H19F4NO3S2. The van der Waals surface area contributed by atoms with Crippen molar-refractivity contribution < 1.29 is 32.2 Å². The van der Waals surface area contributed by atoms with Crippen LogP contribution < -0.4 is 4.74 Å². The lowest BCUT2D eigenvalue weighted by Crippen LogP contribution is -2.07. The van der Waals surface area contributed by atoms with Gasteiger partial charge in [-0.1, -0.05) is 30.0 Å². The van der Waals surface area contributed by atoms with E-state index in [0.29, 0.717) is 22.9 Å². The SMILES string of the molecule is Cc1ccc(OCc2sc(-c3ccc(C(F)(F)F)c(F)c3)nc2C)c2c1SC(CC(=O)O)=CC2. The molecule has 0 unspecified atom stereocenters. The maximum atomic E-state index is 14.0. The minimum atomic E-state index is -4.75. The summed E-state index contributed by atoms with van der Waals surface area (Å²) in [6, 6.07) is 6.57. The third kappa shape index (κ3) is 5.12. The van der Waals surface area contributed by atoms with E-state index in [1.165, 1.54) is 29.2 Å². The summed E-state index contributed by atoms with van der Waals surface area (Å²) in [6.45, 7) is 3.92. The van der Waals surface area contributed by atoms with Gasteiger partial charge in [0.1, 0.15) is 23.2 Å². The number of aryl methyl sites for hydroxylation is 2. The summed E-state index contributed by atoms with van der Waals surface area (Å²) in [6.07, 6.45) is -2.33. The van der Waals surface area contributed by atoms with E-state index < -0.39 is 23.5 Å². The van der Waals surface area contributed by atoms with Gasteiger partial charge in [0, 0.05) is 16.0 Å². The highest BCUT2D eigenvalue weighted by molar-refractivity contribution is 8.03. The van der Waals surface area contributed by atoms with Crippen molar-refractivity contribution in [2.75, 3.05) is 0 Å². The molecule has 10 heteroatoms. The van der Waals surface area contributed by atoms with Crippen molar-refractivity contribution in [3.8, 4) is 16.3 Å². The van der Waals surface area contributed by atoms with Crippen molar-refractivity contribution in [3.63, 3.8) is 0 Å². The van der Waals surface area contributed by atoms with Crippen LogP contribution in [-0.4, -0.2) is 16.1 Å². The molecule has 2 aromatic carbocycles. The molecule has 1 N–H and O–H groups in total. The Kier molecular flexibility index (Phi) is 6.73. The van der Waals surface area contributed by atoms with Gasteiger partial charge < -0.3 is 9.84 Å². The maximum absolute atomic E-state index is 14.0. The number of nitrogens with zero attached hydrogens (tertiary/aromatic N) is 1. The Morgan fingerprint density at radius 1 is 1.21 bits per heavy atom. The predicted octanol–water partition coefficient (Wildman–Crippen LogP) is 7.17. The Hall–Kier alpha value is -2.85. The molecule has 0 bridgehead atoms. The molecule has 0 radical (unpaired) electrons. The van der Waals surface area contributed by atoms with Gasteiger partial charge in [-0.25, -0.2) is 9.37 Å². The van der Waals surface area contributed by atoms with E-state index in [0.717, 1.165) is 37.9 Å². The number of rotatable bonds is 6. The first-order valence-corrected chi connectivity index (χ1v) is 11.8. The van der Waals surface area contributed by atoms with Crippen LogP contribution in [0.2, 0.25) is 0 Å². The smallest absolute Gasteiger partial charge is 0.419 e. The summed E-state index contributed by atoms with van der Waals surface area (Å²) in [4.78, 5) is 18.0. The summed E-state index contributed by atoms with van der Waals surface area (Å²) < 4.78 is 58.6. The van der Waals surface area contributed by atoms with Crippen LogP contribution in [0.15, 0.2) is 46.2 Å². The molecule has 34 heavy (non-hydrogen) atoms. The highest BCUT2D eigenvalue weighted by Crippen LogP contribution is 2.43. The number of fused-ring (bicyclic) bond motifs is 1. The second-order valence-corrected chi connectivity index (χ2v) is 9.96. The van der Waals surface area contributed by atoms with E-state index in [-0.39, 0.29) is 18.6 Å². The normalized spacial score (nSPS) is 13.4. The second kappa shape index (κ2) is 9.42. The third-order valence-electron chi connectivity index (χ3n) is 5.28. The number of carboxylic acid groups (broad SMARTS) is 1. The van der Waals surface area contributed by atoms with E-state index >= 15 is 0 Å². The average Bonchev–Trinajstić information content (AvgIpc) is 3.13. The van der Waals surface area contributed by atoms with Gasteiger partial charge in [-0.3, -0.25) is 4.79 Å². The molecule has 0 atom stereocenters.